The first-order valence-electron chi connectivity index (χ1n) is 13.3. The average molecular weight is 614 g/mol. The van der Waals surface area contributed by atoms with Crippen LogP contribution in [-0.2, 0) is 0 Å². The number of H-pyrrole nitrogens is 1. The van der Waals surface area contributed by atoms with Crippen LogP contribution in [-0.4, -0.2) is 51.5 Å². The van der Waals surface area contributed by atoms with Crippen LogP contribution in [0.2, 0.25) is 5.02 Å². The number of ether oxygens (including phenoxy) is 5. The van der Waals surface area contributed by atoms with Crippen molar-refractivity contribution in [1.29, 1.82) is 0 Å². The quantitative estimate of drug-likeness (QED) is 0.0797. The van der Waals surface area contributed by atoms with Gasteiger partial charge in [0, 0.05) is 27.1 Å². The molecule has 0 saturated carbocycles. The first-order valence-corrected chi connectivity index (χ1v) is 13.7. The molecule has 0 bridgehead atoms. The number of aromatic nitrogens is 1. The van der Waals surface area contributed by atoms with Gasteiger partial charge >= 0.3 is 5.97 Å². The van der Waals surface area contributed by atoms with Crippen LogP contribution in [0.1, 0.15) is 26.4 Å². The second-order valence-corrected chi connectivity index (χ2v) is 9.72. The number of hydrogen-bond acceptors (Lipinski definition) is 8. The summed E-state index contributed by atoms with van der Waals surface area (Å²) in [5, 5.41) is 5.51. The molecule has 0 unspecified atom stereocenters. The van der Waals surface area contributed by atoms with Crippen molar-refractivity contribution in [2.75, 3.05) is 28.4 Å². The van der Waals surface area contributed by atoms with Gasteiger partial charge in [0.2, 0.25) is 5.75 Å². The van der Waals surface area contributed by atoms with Crippen LogP contribution in [0.4, 0.5) is 0 Å². The van der Waals surface area contributed by atoms with E-state index in [1.807, 2.05) is 42.5 Å². The number of carbonyl (C=O) groups excluding carboxylic acids is 2. The maximum Gasteiger partial charge on any atom is 0.343 e. The fourth-order valence-electron chi connectivity index (χ4n) is 4.68. The van der Waals surface area contributed by atoms with E-state index in [2.05, 4.69) is 15.5 Å². The third-order valence-corrected chi connectivity index (χ3v) is 7.08. The number of para-hydroxylation sites is 1. The molecule has 0 fully saturated rings. The van der Waals surface area contributed by atoms with E-state index < -0.39 is 11.9 Å². The van der Waals surface area contributed by atoms with E-state index in [1.54, 1.807) is 24.3 Å². The van der Waals surface area contributed by atoms with E-state index in [0.29, 0.717) is 39.1 Å². The molecule has 2 N–H and O–H groups in total. The summed E-state index contributed by atoms with van der Waals surface area (Å²) < 4.78 is 27.0. The van der Waals surface area contributed by atoms with Crippen molar-refractivity contribution in [3.63, 3.8) is 0 Å². The van der Waals surface area contributed by atoms with Crippen LogP contribution in [0.25, 0.3) is 22.0 Å². The van der Waals surface area contributed by atoms with Gasteiger partial charge in [0.15, 0.2) is 23.0 Å². The Morgan fingerprint density at radius 2 is 1.48 bits per heavy atom. The Balaban J connectivity index is 1.34. The van der Waals surface area contributed by atoms with Crippen LogP contribution in [0.15, 0.2) is 84.0 Å². The number of hydrazone groups is 1. The monoisotopic (exact) mass is 613 g/mol. The lowest BCUT2D eigenvalue weighted by atomic mass is 10.0. The van der Waals surface area contributed by atoms with Gasteiger partial charge in [-0.2, -0.15) is 5.10 Å². The predicted molar refractivity (Wildman–Crippen MR) is 168 cm³/mol. The van der Waals surface area contributed by atoms with Gasteiger partial charge in [-0.25, -0.2) is 10.2 Å². The molecule has 1 aromatic heterocycles. The topological polar surface area (TPSA) is 120 Å². The Labute approximate surface area is 258 Å². The first kappa shape index (κ1) is 30.0. The molecule has 0 atom stereocenters. The minimum atomic E-state index is -0.663. The van der Waals surface area contributed by atoms with Crippen LogP contribution >= 0.6 is 11.6 Å². The maximum atomic E-state index is 13.3. The summed E-state index contributed by atoms with van der Waals surface area (Å²) in [4.78, 5) is 29.4. The van der Waals surface area contributed by atoms with Crippen molar-refractivity contribution in [3.05, 3.63) is 101 Å². The highest BCUT2D eigenvalue weighted by atomic mass is 35.5. The fraction of sp³-hybridized carbons (Fsp3) is 0.121. The second-order valence-electron chi connectivity index (χ2n) is 9.31. The molecule has 1 amide bonds. The lowest BCUT2D eigenvalue weighted by Crippen LogP contribution is -2.19. The molecule has 5 aromatic rings. The summed E-state index contributed by atoms with van der Waals surface area (Å²) in [5.41, 5.74) is 5.85. The van der Waals surface area contributed by atoms with Crippen molar-refractivity contribution in [1.82, 2.24) is 10.4 Å². The second kappa shape index (κ2) is 13.2. The molecular weight excluding hydrogens is 586 g/mol. The number of aromatic amines is 1. The number of rotatable bonds is 10. The highest BCUT2D eigenvalue weighted by molar-refractivity contribution is 6.34. The third-order valence-electron chi connectivity index (χ3n) is 6.75. The Kier molecular flexibility index (Phi) is 9.01. The summed E-state index contributed by atoms with van der Waals surface area (Å²) in [6.45, 7) is 0. The van der Waals surface area contributed by atoms with Crippen molar-refractivity contribution in [3.8, 4) is 39.9 Å². The molecule has 5 rings (SSSR count). The lowest BCUT2D eigenvalue weighted by molar-refractivity contribution is 0.0728. The Hall–Kier alpha value is -5.48. The normalized spacial score (nSPS) is 10.9. The summed E-state index contributed by atoms with van der Waals surface area (Å²) in [6, 6.07) is 22.7. The smallest absolute Gasteiger partial charge is 0.343 e. The van der Waals surface area contributed by atoms with E-state index in [1.165, 1.54) is 46.8 Å². The SMILES string of the molecule is COc1cc(C=NNC(=O)c2[nH]c3ccccc3c2-c2ccccc2Cl)ccc1OC(=O)c1cc(OC)c(OC)c(OC)c1. The zero-order valence-corrected chi connectivity index (χ0v) is 25.0. The number of esters is 1. The summed E-state index contributed by atoms with van der Waals surface area (Å²) >= 11 is 6.49. The zero-order valence-electron chi connectivity index (χ0n) is 24.3. The average Bonchev–Trinajstić information content (AvgIpc) is 3.44. The van der Waals surface area contributed by atoms with Gasteiger partial charge in [0.25, 0.3) is 5.91 Å². The third kappa shape index (κ3) is 6.02. The fourth-order valence-corrected chi connectivity index (χ4v) is 4.91. The van der Waals surface area contributed by atoms with Crippen molar-refractivity contribution >= 4 is 40.6 Å². The number of carbonyl (C=O) groups is 2. The van der Waals surface area contributed by atoms with E-state index >= 15 is 0 Å². The largest absolute Gasteiger partial charge is 0.493 e. The van der Waals surface area contributed by atoms with Crippen LogP contribution < -0.4 is 29.1 Å². The molecule has 1 heterocycles. The van der Waals surface area contributed by atoms with E-state index in [4.69, 9.17) is 35.3 Å². The molecule has 4 aromatic carbocycles. The van der Waals surface area contributed by atoms with E-state index in [0.717, 1.165) is 16.5 Å². The minimum absolute atomic E-state index is 0.176. The Morgan fingerprint density at radius 3 is 2.16 bits per heavy atom. The van der Waals surface area contributed by atoms with Gasteiger partial charge in [-0.1, -0.05) is 48.0 Å². The number of hydrogen-bond donors (Lipinski definition) is 2. The molecule has 0 aliphatic carbocycles. The highest BCUT2D eigenvalue weighted by Crippen LogP contribution is 2.39. The van der Waals surface area contributed by atoms with Gasteiger partial charge in [-0.3, -0.25) is 4.79 Å². The molecule has 0 aliphatic heterocycles. The minimum Gasteiger partial charge on any atom is -0.493 e. The highest BCUT2D eigenvalue weighted by Gasteiger charge is 2.21. The van der Waals surface area contributed by atoms with Gasteiger partial charge in [0.05, 0.1) is 40.2 Å². The van der Waals surface area contributed by atoms with Gasteiger partial charge in [-0.15, -0.1) is 0 Å². The lowest BCUT2D eigenvalue weighted by Gasteiger charge is -2.14. The van der Waals surface area contributed by atoms with Gasteiger partial charge in [-0.05, 0) is 48.0 Å². The van der Waals surface area contributed by atoms with Crippen LogP contribution in [0.5, 0.6) is 28.7 Å². The number of halogens is 1. The standard InChI is InChI=1S/C33H28ClN3O7/c1-40-26-15-19(13-14-25(26)44-33(39)20-16-27(41-2)31(43-4)28(17-20)42-3)18-35-37-32(38)30-29(21-9-5-7-11-23(21)34)22-10-6-8-12-24(22)36-30/h5-18,36H,1-4H3,(H,37,38). The molecule has 11 heteroatoms. The molecule has 10 nitrogen and oxygen atoms in total. The Bertz CT molecular complexity index is 1860. The Morgan fingerprint density at radius 1 is 0.795 bits per heavy atom. The predicted octanol–water partition coefficient (Wildman–Crippen LogP) is 6.51. The summed E-state index contributed by atoms with van der Waals surface area (Å²) in [7, 11) is 5.83. The van der Waals surface area contributed by atoms with Gasteiger partial charge < -0.3 is 28.7 Å². The van der Waals surface area contributed by atoms with E-state index in [9.17, 15) is 9.59 Å². The van der Waals surface area contributed by atoms with Crippen LogP contribution in [0.3, 0.4) is 0 Å². The first-order chi connectivity index (χ1) is 21.4. The number of benzene rings is 4. The molecule has 44 heavy (non-hydrogen) atoms. The molecule has 224 valence electrons. The maximum absolute atomic E-state index is 13.3. The molecule has 0 radical (unpaired) electrons. The van der Waals surface area contributed by atoms with Crippen molar-refractivity contribution < 1.29 is 33.3 Å². The number of methoxy groups -OCH3 is 4. The molecule has 0 saturated heterocycles. The van der Waals surface area contributed by atoms with Crippen molar-refractivity contribution in [2.24, 2.45) is 5.10 Å². The number of fused-ring (bicyclic) bond motifs is 1. The number of nitrogens with zero attached hydrogens (tertiary/aromatic N) is 1. The van der Waals surface area contributed by atoms with Crippen molar-refractivity contribution in [2.45, 2.75) is 0 Å². The zero-order chi connectivity index (χ0) is 31.2. The number of amides is 1. The molecule has 0 aliphatic rings. The van der Waals surface area contributed by atoms with Gasteiger partial charge in [0.1, 0.15) is 5.69 Å². The summed E-state index contributed by atoms with van der Waals surface area (Å²) in [6.07, 6.45) is 1.45. The number of nitrogens with one attached hydrogen (secondary N) is 2. The summed E-state index contributed by atoms with van der Waals surface area (Å²) in [5.74, 6) is 0.313. The molecule has 0 spiro atoms. The molecular formula is C33H28ClN3O7. The van der Waals surface area contributed by atoms with E-state index in [-0.39, 0.29) is 17.1 Å². The van der Waals surface area contributed by atoms with Crippen LogP contribution in [0, 0.1) is 0 Å².